The molecule has 0 bridgehead atoms. The first-order valence-electron chi connectivity index (χ1n) is 5.04. The molecule has 13 heavy (non-hydrogen) atoms. The van der Waals surface area contributed by atoms with Gasteiger partial charge in [-0.05, 0) is 24.6 Å². The van der Waals surface area contributed by atoms with Gasteiger partial charge in [0.2, 0.25) is 0 Å². The molecule has 0 saturated carbocycles. The molecule has 0 rings (SSSR count). The van der Waals surface area contributed by atoms with Crippen LogP contribution < -0.4 is 5.32 Å². The number of hydrogen-bond acceptors (Lipinski definition) is 3. The molecule has 0 heterocycles. The van der Waals surface area contributed by atoms with Crippen LogP contribution in [0.3, 0.4) is 0 Å². The van der Waals surface area contributed by atoms with Crippen molar-refractivity contribution in [3.05, 3.63) is 0 Å². The van der Waals surface area contributed by atoms with Crippen molar-refractivity contribution in [2.45, 2.75) is 20.3 Å². The lowest BCUT2D eigenvalue weighted by atomic mass is 10.2. The van der Waals surface area contributed by atoms with Crippen molar-refractivity contribution in [1.82, 2.24) is 5.32 Å². The maximum atomic E-state index is 4.97. The van der Waals surface area contributed by atoms with Crippen LogP contribution in [0.1, 0.15) is 20.3 Å². The quantitative estimate of drug-likeness (QED) is 0.582. The van der Waals surface area contributed by atoms with Crippen molar-refractivity contribution in [3.8, 4) is 0 Å². The minimum atomic E-state index is 0.762. The smallest absolute Gasteiger partial charge is 0.0470 e. The summed E-state index contributed by atoms with van der Waals surface area (Å²) in [6.45, 7) is 7.64. The third-order valence-corrected chi connectivity index (χ3v) is 2.68. The van der Waals surface area contributed by atoms with E-state index < -0.39 is 0 Å². The van der Waals surface area contributed by atoms with E-state index in [1.165, 1.54) is 17.9 Å². The first kappa shape index (κ1) is 13.3. The van der Waals surface area contributed by atoms with Gasteiger partial charge in [-0.25, -0.2) is 0 Å². The van der Waals surface area contributed by atoms with Crippen LogP contribution in [-0.2, 0) is 4.74 Å². The molecule has 3 heteroatoms. The lowest BCUT2D eigenvalue weighted by Gasteiger charge is -2.06. The molecule has 0 aromatic heterocycles. The zero-order valence-corrected chi connectivity index (χ0v) is 9.95. The fourth-order valence-electron chi connectivity index (χ4n) is 0.942. The molecule has 0 aliphatic heterocycles. The van der Waals surface area contributed by atoms with E-state index in [-0.39, 0.29) is 0 Å². The molecule has 0 aliphatic rings. The van der Waals surface area contributed by atoms with Crippen LogP contribution in [0.15, 0.2) is 0 Å². The predicted octanol–water partition coefficient (Wildman–Crippen LogP) is 2.00. The maximum absolute atomic E-state index is 4.97. The summed E-state index contributed by atoms with van der Waals surface area (Å²) >= 11 is 2.00. The molecule has 80 valence electrons. The highest BCUT2D eigenvalue weighted by Gasteiger charge is 1.92. The molecule has 0 spiro atoms. The summed E-state index contributed by atoms with van der Waals surface area (Å²) in [5, 5.41) is 3.42. The maximum Gasteiger partial charge on any atom is 0.0470 e. The minimum absolute atomic E-state index is 0.762. The van der Waals surface area contributed by atoms with Gasteiger partial charge in [0, 0.05) is 26.0 Å². The summed E-state index contributed by atoms with van der Waals surface area (Å²) in [4.78, 5) is 0. The van der Waals surface area contributed by atoms with Gasteiger partial charge in [-0.3, -0.25) is 0 Å². The first-order chi connectivity index (χ1) is 6.27. The Kier molecular flexibility index (Phi) is 10.6. The number of thioether (sulfide) groups is 1. The zero-order valence-electron chi connectivity index (χ0n) is 9.14. The van der Waals surface area contributed by atoms with E-state index in [1.54, 1.807) is 7.11 Å². The van der Waals surface area contributed by atoms with Gasteiger partial charge in [-0.2, -0.15) is 11.8 Å². The standard InChI is InChI=1S/C10H23NOS/c1-10(2)9-11-5-8-13-7-4-6-12-3/h10-11H,4-9H2,1-3H3. The summed E-state index contributed by atoms with van der Waals surface area (Å²) in [5.41, 5.74) is 0. The van der Waals surface area contributed by atoms with Gasteiger partial charge in [0.25, 0.3) is 0 Å². The Morgan fingerprint density at radius 2 is 2.08 bits per heavy atom. The van der Waals surface area contributed by atoms with E-state index in [0.29, 0.717) is 0 Å². The van der Waals surface area contributed by atoms with Crippen LogP contribution in [0.25, 0.3) is 0 Å². The second-order valence-electron chi connectivity index (χ2n) is 3.56. The van der Waals surface area contributed by atoms with Crippen molar-refractivity contribution in [2.24, 2.45) is 5.92 Å². The summed E-state index contributed by atoms with van der Waals surface area (Å²) in [7, 11) is 1.76. The van der Waals surface area contributed by atoms with Crippen molar-refractivity contribution in [2.75, 3.05) is 38.3 Å². The zero-order chi connectivity index (χ0) is 9.94. The fourth-order valence-corrected chi connectivity index (χ4v) is 1.76. The third-order valence-electron chi connectivity index (χ3n) is 1.61. The Bertz CT molecular complexity index is 98.9. The van der Waals surface area contributed by atoms with Crippen LogP contribution in [0.2, 0.25) is 0 Å². The second kappa shape index (κ2) is 10.4. The van der Waals surface area contributed by atoms with Crippen molar-refractivity contribution in [3.63, 3.8) is 0 Å². The lowest BCUT2D eigenvalue weighted by Crippen LogP contribution is -2.22. The highest BCUT2D eigenvalue weighted by molar-refractivity contribution is 7.99. The van der Waals surface area contributed by atoms with Gasteiger partial charge in [0.05, 0.1) is 0 Å². The predicted molar refractivity (Wildman–Crippen MR) is 61.5 cm³/mol. The minimum Gasteiger partial charge on any atom is -0.385 e. The Labute approximate surface area is 86.8 Å². The summed E-state index contributed by atoms with van der Waals surface area (Å²) in [5.74, 6) is 3.20. The number of hydrogen-bond donors (Lipinski definition) is 1. The van der Waals surface area contributed by atoms with Gasteiger partial charge in [-0.15, -0.1) is 0 Å². The van der Waals surface area contributed by atoms with Gasteiger partial charge >= 0.3 is 0 Å². The molecule has 0 amide bonds. The fraction of sp³-hybridized carbons (Fsp3) is 1.00. The molecule has 0 radical (unpaired) electrons. The molecule has 0 aliphatic carbocycles. The Hall–Kier alpha value is 0.270. The van der Waals surface area contributed by atoms with E-state index in [2.05, 4.69) is 19.2 Å². The van der Waals surface area contributed by atoms with E-state index in [0.717, 1.165) is 25.6 Å². The van der Waals surface area contributed by atoms with Crippen LogP contribution in [0.5, 0.6) is 0 Å². The highest BCUT2D eigenvalue weighted by atomic mass is 32.2. The first-order valence-corrected chi connectivity index (χ1v) is 6.20. The Balaban J connectivity index is 2.84. The molecular formula is C10H23NOS. The van der Waals surface area contributed by atoms with Crippen molar-refractivity contribution in [1.29, 1.82) is 0 Å². The summed E-state index contributed by atoms with van der Waals surface area (Å²) in [6.07, 6.45) is 1.17. The van der Waals surface area contributed by atoms with Crippen molar-refractivity contribution >= 4 is 11.8 Å². The highest BCUT2D eigenvalue weighted by Crippen LogP contribution is 2.00. The SMILES string of the molecule is COCCCSCCNCC(C)C. The molecule has 0 aromatic rings. The van der Waals surface area contributed by atoms with Crippen LogP contribution in [0.4, 0.5) is 0 Å². The van der Waals surface area contributed by atoms with E-state index in [1.807, 2.05) is 11.8 Å². The summed E-state index contributed by atoms with van der Waals surface area (Å²) in [6, 6.07) is 0. The molecular weight excluding hydrogens is 182 g/mol. The van der Waals surface area contributed by atoms with Crippen molar-refractivity contribution < 1.29 is 4.74 Å². The number of nitrogens with one attached hydrogen (secondary N) is 1. The molecule has 0 aromatic carbocycles. The third kappa shape index (κ3) is 12.3. The van der Waals surface area contributed by atoms with Gasteiger partial charge in [-0.1, -0.05) is 13.8 Å². The van der Waals surface area contributed by atoms with Crippen LogP contribution in [0, 0.1) is 5.92 Å². The Morgan fingerprint density at radius 3 is 2.69 bits per heavy atom. The number of rotatable bonds is 9. The molecule has 0 unspecified atom stereocenters. The largest absolute Gasteiger partial charge is 0.385 e. The van der Waals surface area contributed by atoms with Gasteiger partial charge in [0.15, 0.2) is 0 Å². The average Bonchev–Trinajstić information content (AvgIpc) is 2.09. The molecule has 0 saturated heterocycles. The normalized spacial score (nSPS) is 11.1. The monoisotopic (exact) mass is 205 g/mol. The van der Waals surface area contributed by atoms with E-state index in [9.17, 15) is 0 Å². The molecule has 0 atom stereocenters. The topological polar surface area (TPSA) is 21.3 Å². The Morgan fingerprint density at radius 1 is 1.31 bits per heavy atom. The second-order valence-corrected chi connectivity index (χ2v) is 4.78. The molecule has 2 nitrogen and oxygen atoms in total. The van der Waals surface area contributed by atoms with Gasteiger partial charge in [0.1, 0.15) is 0 Å². The molecule has 1 N–H and O–H groups in total. The lowest BCUT2D eigenvalue weighted by molar-refractivity contribution is 0.200. The van der Waals surface area contributed by atoms with E-state index in [4.69, 9.17) is 4.74 Å². The van der Waals surface area contributed by atoms with E-state index >= 15 is 0 Å². The summed E-state index contributed by atoms with van der Waals surface area (Å²) < 4.78 is 4.97. The van der Waals surface area contributed by atoms with Crippen LogP contribution in [-0.4, -0.2) is 38.3 Å². The number of methoxy groups -OCH3 is 1. The van der Waals surface area contributed by atoms with Crippen LogP contribution >= 0.6 is 11.8 Å². The molecule has 0 fully saturated rings. The number of ether oxygens (including phenoxy) is 1. The van der Waals surface area contributed by atoms with Gasteiger partial charge < -0.3 is 10.1 Å². The average molecular weight is 205 g/mol.